The van der Waals surface area contributed by atoms with Crippen LogP contribution in [0, 0.1) is 0 Å². The SMILES string of the molecule is CCN(CC)C(=O)N(C)CCC1CCCCN1. The number of carbonyl (C=O) groups excluding carboxylic acids is 1. The highest BCUT2D eigenvalue weighted by Gasteiger charge is 2.17. The molecule has 1 saturated heterocycles. The molecule has 0 aromatic rings. The van der Waals surface area contributed by atoms with Crippen molar-refractivity contribution in [3.63, 3.8) is 0 Å². The largest absolute Gasteiger partial charge is 0.328 e. The summed E-state index contributed by atoms with van der Waals surface area (Å²) in [6.45, 7) is 7.63. The third-order valence-corrected chi connectivity index (χ3v) is 3.59. The van der Waals surface area contributed by atoms with Gasteiger partial charge in [-0.15, -0.1) is 0 Å². The molecule has 0 saturated carbocycles. The summed E-state index contributed by atoms with van der Waals surface area (Å²) in [4.78, 5) is 15.7. The minimum absolute atomic E-state index is 0.158. The number of amides is 2. The third-order valence-electron chi connectivity index (χ3n) is 3.59. The van der Waals surface area contributed by atoms with E-state index in [0.29, 0.717) is 6.04 Å². The molecule has 4 nitrogen and oxygen atoms in total. The molecule has 4 heteroatoms. The molecule has 2 amide bonds. The molecule has 1 aliphatic rings. The van der Waals surface area contributed by atoms with E-state index in [4.69, 9.17) is 0 Å². The zero-order valence-electron chi connectivity index (χ0n) is 11.5. The second-order valence-corrected chi connectivity index (χ2v) is 4.81. The summed E-state index contributed by atoms with van der Waals surface area (Å²) in [5.74, 6) is 0. The summed E-state index contributed by atoms with van der Waals surface area (Å²) in [6.07, 6.45) is 4.95. The summed E-state index contributed by atoms with van der Waals surface area (Å²) < 4.78 is 0. The average molecular weight is 241 g/mol. The molecule has 0 radical (unpaired) electrons. The Morgan fingerprint density at radius 3 is 2.53 bits per heavy atom. The summed E-state index contributed by atoms with van der Waals surface area (Å²) >= 11 is 0. The van der Waals surface area contributed by atoms with Crippen LogP contribution in [-0.4, -0.2) is 55.1 Å². The first-order valence-electron chi connectivity index (χ1n) is 6.92. The van der Waals surface area contributed by atoms with E-state index in [1.165, 1.54) is 19.3 Å². The van der Waals surface area contributed by atoms with Gasteiger partial charge in [0.2, 0.25) is 0 Å². The Labute approximate surface area is 105 Å². The quantitative estimate of drug-likeness (QED) is 0.798. The molecule has 1 aliphatic heterocycles. The third kappa shape index (κ3) is 4.54. The fraction of sp³-hybridized carbons (Fsp3) is 0.923. The molecule has 100 valence electrons. The van der Waals surface area contributed by atoms with Crippen LogP contribution in [0.25, 0.3) is 0 Å². The molecule has 1 heterocycles. The van der Waals surface area contributed by atoms with Gasteiger partial charge in [-0.05, 0) is 39.7 Å². The standard InChI is InChI=1S/C13H27N3O/c1-4-16(5-2)13(17)15(3)11-9-12-8-6-7-10-14-12/h12,14H,4-11H2,1-3H3. The van der Waals surface area contributed by atoms with E-state index in [-0.39, 0.29) is 6.03 Å². The summed E-state index contributed by atoms with van der Waals surface area (Å²) in [5.41, 5.74) is 0. The molecule has 1 unspecified atom stereocenters. The van der Waals surface area contributed by atoms with Gasteiger partial charge in [0.05, 0.1) is 0 Å². The Hall–Kier alpha value is -0.770. The fourth-order valence-electron chi connectivity index (χ4n) is 2.35. The van der Waals surface area contributed by atoms with Crippen LogP contribution in [0.4, 0.5) is 4.79 Å². The van der Waals surface area contributed by atoms with Crippen molar-refractivity contribution in [3.8, 4) is 0 Å². The van der Waals surface area contributed by atoms with Crippen molar-refractivity contribution in [2.75, 3.05) is 33.2 Å². The highest BCUT2D eigenvalue weighted by molar-refractivity contribution is 5.74. The van der Waals surface area contributed by atoms with Crippen LogP contribution < -0.4 is 5.32 Å². The Kier molecular flexibility index (Phi) is 6.34. The maximum atomic E-state index is 12.0. The molecule has 0 bridgehead atoms. The van der Waals surface area contributed by atoms with Crippen LogP contribution >= 0.6 is 0 Å². The maximum absolute atomic E-state index is 12.0. The Bertz CT molecular complexity index is 223. The lowest BCUT2D eigenvalue weighted by atomic mass is 10.0. The van der Waals surface area contributed by atoms with Gasteiger partial charge in [0.25, 0.3) is 0 Å². The van der Waals surface area contributed by atoms with Gasteiger partial charge in [-0.3, -0.25) is 0 Å². The monoisotopic (exact) mass is 241 g/mol. The highest BCUT2D eigenvalue weighted by atomic mass is 16.2. The van der Waals surface area contributed by atoms with E-state index in [9.17, 15) is 4.79 Å². The molecule has 0 aromatic heterocycles. The van der Waals surface area contributed by atoms with E-state index < -0.39 is 0 Å². The minimum atomic E-state index is 0.158. The van der Waals surface area contributed by atoms with Crippen molar-refractivity contribution >= 4 is 6.03 Å². The minimum Gasteiger partial charge on any atom is -0.328 e. The second-order valence-electron chi connectivity index (χ2n) is 4.81. The van der Waals surface area contributed by atoms with Crippen LogP contribution in [-0.2, 0) is 0 Å². The average Bonchev–Trinajstić information content (AvgIpc) is 2.38. The molecule has 1 fully saturated rings. The molecule has 17 heavy (non-hydrogen) atoms. The number of hydrogen-bond acceptors (Lipinski definition) is 2. The van der Waals surface area contributed by atoms with Crippen LogP contribution in [0.3, 0.4) is 0 Å². The summed E-state index contributed by atoms with van der Waals surface area (Å²) in [6, 6.07) is 0.765. The predicted molar refractivity (Wildman–Crippen MR) is 71.2 cm³/mol. The van der Waals surface area contributed by atoms with Crippen molar-refractivity contribution in [3.05, 3.63) is 0 Å². The molecule has 1 N–H and O–H groups in total. The van der Waals surface area contributed by atoms with Gasteiger partial charge in [0.1, 0.15) is 0 Å². The van der Waals surface area contributed by atoms with Crippen molar-refractivity contribution in [2.24, 2.45) is 0 Å². The number of piperidine rings is 1. The molecular formula is C13H27N3O. The van der Waals surface area contributed by atoms with Gasteiger partial charge in [-0.25, -0.2) is 4.79 Å². The first-order chi connectivity index (χ1) is 8.19. The lowest BCUT2D eigenvalue weighted by Gasteiger charge is -2.29. The van der Waals surface area contributed by atoms with Crippen molar-refractivity contribution < 1.29 is 4.79 Å². The number of nitrogens with one attached hydrogen (secondary N) is 1. The molecule has 1 atom stereocenters. The lowest BCUT2D eigenvalue weighted by Crippen LogP contribution is -2.43. The zero-order valence-corrected chi connectivity index (χ0v) is 11.5. The van der Waals surface area contributed by atoms with Crippen molar-refractivity contribution in [1.29, 1.82) is 0 Å². The van der Waals surface area contributed by atoms with Crippen molar-refractivity contribution in [1.82, 2.24) is 15.1 Å². The zero-order chi connectivity index (χ0) is 12.7. The van der Waals surface area contributed by atoms with E-state index in [1.54, 1.807) is 0 Å². The van der Waals surface area contributed by atoms with Gasteiger partial charge >= 0.3 is 6.03 Å². The van der Waals surface area contributed by atoms with Gasteiger partial charge < -0.3 is 15.1 Å². The maximum Gasteiger partial charge on any atom is 0.319 e. The van der Waals surface area contributed by atoms with Crippen LogP contribution in [0.15, 0.2) is 0 Å². The summed E-state index contributed by atoms with van der Waals surface area (Å²) in [7, 11) is 1.91. The van der Waals surface area contributed by atoms with Crippen molar-refractivity contribution in [2.45, 2.75) is 45.6 Å². The van der Waals surface area contributed by atoms with E-state index >= 15 is 0 Å². The molecular weight excluding hydrogens is 214 g/mol. The summed E-state index contributed by atoms with van der Waals surface area (Å²) in [5, 5.41) is 3.52. The number of hydrogen-bond donors (Lipinski definition) is 1. The lowest BCUT2D eigenvalue weighted by molar-refractivity contribution is 0.165. The van der Waals surface area contributed by atoms with E-state index in [2.05, 4.69) is 5.32 Å². The molecule has 0 aromatic carbocycles. The Balaban J connectivity index is 2.27. The normalized spacial score (nSPS) is 20.1. The van der Waals surface area contributed by atoms with E-state index in [1.807, 2.05) is 30.7 Å². The van der Waals surface area contributed by atoms with Crippen LogP contribution in [0.1, 0.15) is 39.5 Å². The van der Waals surface area contributed by atoms with Gasteiger partial charge in [-0.1, -0.05) is 6.42 Å². The van der Waals surface area contributed by atoms with Crippen LogP contribution in [0.2, 0.25) is 0 Å². The number of nitrogens with zero attached hydrogens (tertiary/aromatic N) is 2. The fourth-order valence-corrected chi connectivity index (χ4v) is 2.35. The number of carbonyl (C=O) groups is 1. The predicted octanol–water partition coefficient (Wildman–Crippen LogP) is 1.91. The number of rotatable bonds is 5. The van der Waals surface area contributed by atoms with E-state index in [0.717, 1.165) is 32.6 Å². The van der Waals surface area contributed by atoms with Gasteiger partial charge in [0, 0.05) is 32.7 Å². The Morgan fingerprint density at radius 2 is 2.00 bits per heavy atom. The smallest absolute Gasteiger partial charge is 0.319 e. The highest BCUT2D eigenvalue weighted by Crippen LogP contribution is 2.10. The first-order valence-corrected chi connectivity index (χ1v) is 6.92. The molecule has 0 aliphatic carbocycles. The topological polar surface area (TPSA) is 35.6 Å². The first kappa shape index (κ1) is 14.3. The van der Waals surface area contributed by atoms with Gasteiger partial charge in [0.15, 0.2) is 0 Å². The van der Waals surface area contributed by atoms with Crippen LogP contribution in [0.5, 0.6) is 0 Å². The second kappa shape index (κ2) is 7.54. The Morgan fingerprint density at radius 1 is 1.29 bits per heavy atom. The molecule has 1 rings (SSSR count). The van der Waals surface area contributed by atoms with Gasteiger partial charge in [-0.2, -0.15) is 0 Å². The number of urea groups is 1. The molecule has 0 spiro atoms.